The first-order valence-electron chi connectivity index (χ1n) is 7.11. The predicted octanol–water partition coefficient (Wildman–Crippen LogP) is 2.93. The molecule has 1 aliphatic rings. The highest BCUT2D eigenvalue weighted by molar-refractivity contribution is 9.10. The van der Waals surface area contributed by atoms with Gasteiger partial charge in [0.05, 0.1) is 32.8 Å². The molecular weight excluding hydrogens is 353 g/mol. The maximum absolute atomic E-state index is 13.8. The molecular formula is C15H13BrFN3O2. The fourth-order valence-corrected chi connectivity index (χ4v) is 3.64. The van der Waals surface area contributed by atoms with Crippen molar-refractivity contribution in [3.8, 4) is 0 Å². The number of imidazole rings is 1. The number of hydrogen-bond donors (Lipinski definition) is 3. The quantitative estimate of drug-likeness (QED) is 0.619. The molecule has 1 unspecified atom stereocenters. The van der Waals surface area contributed by atoms with Crippen LogP contribution < -0.4 is 5.69 Å². The number of nitrogens with zero attached hydrogens (tertiary/aromatic N) is 1. The SMILES string of the molecule is O=c1[nH]c2c([C@H]3CCC(O)C3)nc3cc(F)c(Br)cc3c2[nH]1. The van der Waals surface area contributed by atoms with Gasteiger partial charge in [-0.1, -0.05) is 0 Å². The lowest BCUT2D eigenvalue weighted by Crippen LogP contribution is -2.03. The van der Waals surface area contributed by atoms with Gasteiger partial charge in [0.15, 0.2) is 0 Å². The summed E-state index contributed by atoms with van der Waals surface area (Å²) in [7, 11) is 0. The van der Waals surface area contributed by atoms with Crippen molar-refractivity contribution in [1.82, 2.24) is 15.0 Å². The summed E-state index contributed by atoms with van der Waals surface area (Å²) in [4.78, 5) is 21.9. The predicted molar refractivity (Wildman–Crippen MR) is 84.5 cm³/mol. The van der Waals surface area contributed by atoms with E-state index in [0.717, 1.165) is 18.5 Å². The van der Waals surface area contributed by atoms with Crippen LogP contribution in [0, 0.1) is 5.82 Å². The van der Waals surface area contributed by atoms with E-state index in [2.05, 4.69) is 30.9 Å². The van der Waals surface area contributed by atoms with Crippen LogP contribution in [-0.4, -0.2) is 26.2 Å². The smallest absolute Gasteiger partial charge is 0.323 e. The van der Waals surface area contributed by atoms with Crippen molar-refractivity contribution in [3.63, 3.8) is 0 Å². The number of pyridine rings is 1. The van der Waals surface area contributed by atoms with Gasteiger partial charge in [-0.05, 0) is 41.3 Å². The Morgan fingerprint density at radius 3 is 2.77 bits per heavy atom. The van der Waals surface area contributed by atoms with Crippen molar-refractivity contribution >= 4 is 37.9 Å². The number of hydrogen-bond acceptors (Lipinski definition) is 3. The van der Waals surface area contributed by atoms with Gasteiger partial charge in [-0.15, -0.1) is 0 Å². The van der Waals surface area contributed by atoms with Gasteiger partial charge in [0.25, 0.3) is 0 Å². The summed E-state index contributed by atoms with van der Waals surface area (Å²) in [6.45, 7) is 0. The first-order chi connectivity index (χ1) is 10.5. The number of H-pyrrole nitrogens is 2. The van der Waals surface area contributed by atoms with Crippen LogP contribution in [0.4, 0.5) is 4.39 Å². The van der Waals surface area contributed by atoms with E-state index >= 15 is 0 Å². The zero-order valence-corrected chi connectivity index (χ0v) is 13.1. The summed E-state index contributed by atoms with van der Waals surface area (Å²) < 4.78 is 14.1. The molecule has 0 spiro atoms. The van der Waals surface area contributed by atoms with Crippen LogP contribution in [0.15, 0.2) is 21.4 Å². The molecule has 2 heterocycles. The van der Waals surface area contributed by atoms with Gasteiger partial charge >= 0.3 is 5.69 Å². The van der Waals surface area contributed by atoms with Crippen LogP contribution >= 0.6 is 15.9 Å². The summed E-state index contributed by atoms with van der Waals surface area (Å²) in [6, 6.07) is 2.98. The topological polar surface area (TPSA) is 81.8 Å². The second-order valence-corrected chi connectivity index (χ2v) is 6.63. The summed E-state index contributed by atoms with van der Waals surface area (Å²) in [5, 5.41) is 10.4. The van der Waals surface area contributed by atoms with Crippen molar-refractivity contribution in [3.05, 3.63) is 38.6 Å². The highest BCUT2D eigenvalue weighted by Gasteiger charge is 2.28. The molecule has 3 aromatic rings. The zero-order valence-electron chi connectivity index (χ0n) is 11.5. The number of aromatic nitrogens is 3. The van der Waals surface area contributed by atoms with Crippen molar-refractivity contribution in [2.45, 2.75) is 31.3 Å². The normalized spacial score (nSPS) is 22.0. The van der Waals surface area contributed by atoms with E-state index in [1.54, 1.807) is 6.07 Å². The third-order valence-corrected chi connectivity index (χ3v) is 4.93. The molecule has 0 radical (unpaired) electrons. The number of benzene rings is 1. The van der Waals surface area contributed by atoms with Crippen molar-refractivity contribution in [1.29, 1.82) is 0 Å². The maximum atomic E-state index is 13.8. The Morgan fingerprint density at radius 1 is 1.27 bits per heavy atom. The van der Waals surface area contributed by atoms with Crippen LogP contribution in [-0.2, 0) is 0 Å². The molecule has 0 bridgehead atoms. The fourth-order valence-electron chi connectivity index (χ4n) is 3.29. The molecule has 0 amide bonds. The Bertz CT molecular complexity index is 949. The van der Waals surface area contributed by atoms with Crippen LogP contribution in [0.5, 0.6) is 0 Å². The molecule has 2 aromatic heterocycles. The molecule has 0 saturated heterocycles. The first kappa shape index (κ1) is 13.9. The molecule has 114 valence electrons. The molecule has 5 nitrogen and oxygen atoms in total. The summed E-state index contributed by atoms with van der Waals surface area (Å²) in [6.07, 6.45) is 1.79. The Hall–Kier alpha value is -1.73. The highest BCUT2D eigenvalue weighted by atomic mass is 79.9. The van der Waals surface area contributed by atoms with Crippen LogP contribution in [0.1, 0.15) is 30.9 Å². The molecule has 3 N–H and O–H groups in total. The Morgan fingerprint density at radius 2 is 2.05 bits per heavy atom. The minimum atomic E-state index is -0.394. The average Bonchev–Trinajstić information content (AvgIpc) is 3.05. The fraction of sp³-hybridized carbons (Fsp3) is 0.333. The number of fused-ring (bicyclic) bond motifs is 3. The first-order valence-corrected chi connectivity index (χ1v) is 7.91. The van der Waals surface area contributed by atoms with Gasteiger partial charge in [-0.2, -0.15) is 0 Å². The van der Waals surface area contributed by atoms with E-state index in [-0.39, 0.29) is 17.7 Å². The van der Waals surface area contributed by atoms with Gasteiger partial charge in [0.1, 0.15) is 5.82 Å². The number of aromatic amines is 2. The Kier molecular flexibility index (Phi) is 3.09. The lowest BCUT2D eigenvalue weighted by Gasteiger charge is -2.12. The Labute approximate surface area is 132 Å². The molecule has 22 heavy (non-hydrogen) atoms. The summed E-state index contributed by atoms with van der Waals surface area (Å²) in [5.41, 5.74) is 2.19. The van der Waals surface area contributed by atoms with Gasteiger partial charge < -0.3 is 15.1 Å². The summed E-state index contributed by atoms with van der Waals surface area (Å²) >= 11 is 3.16. The molecule has 4 rings (SSSR count). The largest absolute Gasteiger partial charge is 0.393 e. The number of aliphatic hydroxyl groups excluding tert-OH is 1. The number of aliphatic hydroxyl groups is 1. The second kappa shape index (κ2) is 4.89. The van der Waals surface area contributed by atoms with Crippen LogP contribution in [0.25, 0.3) is 21.9 Å². The second-order valence-electron chi connectivity index (χ2n) is 5.77. The third-order valence-electron chi connectivity index (χ3n) is 4.32. The molecule has 2 atom stereocenters. The number of rotatable bonds is 1. The minimum absolute atomic E-state index is 0.0695. The van der Waals surface area contributed by atoms with Gasteiger partial charge in [0.2, 0.25) is 0 Å². The van der Waals surface area contributed by atoms with Crippen molar-refractivity contribution < 1.29 is 9.50 Å². The number of nitrogens with one attached hydrogen (secondary N) is 2. The molecule has 1 aromatic carbocycles. The van der Waals surface area contributed by atoms with Gasteiger partial charge in [-0.3, -0.25) is 4.98 Å². The maximum Gasteiger partial charge on any atom is 0.323 e. The third kappa shape index (κ3) is 2.07. The van der Waals surface area contributed by atoms with E-state index in [1.165, 1.54) is 6.07 Å². The lowest BCUT2D eigenvalue weighted by atomic mass is 10.0. The van der Waals surface area contributed by atoms with E-state index in [1.807, 2.05) is 0 Å². The van der Waals surface area contributed by atoms with Crippen LogP contribution in [0.2, 0.25) is 0 Å². The monoisotopic (exact) mass is 365 g/mol. The minimum Gasteiger partial charge on any atom is -0.393 e. The highest BCUT2D eigenvalue weighted by Crippen LogP contribution is 2.38. The van der Waals surface area contributed by atoms with E-state index in [4.69, 9.17) is 0 Å². The van der Waals surface area contributed by atoms with Gasteiger partial charge in [-0.25, -0.2) is 9.18 Å². The molecule has 1 fully saturated rings. The van der Waals surface area contributed by atoms with E-state index in [0.29, 0.717) is 32.8 Å². The average molecular weight is 366 g/mol. The van der Waals surface area contributed by atoms with E-state index < -0.39 is 5.82 Å². The van der Waals surface area contributed by atoms with E-state index in [9.17, 15) is 14.3 Å². The lowest BCUT2D eigenvalue weighted by molar-refractivity contribution is 0.181. The van der Waals surface area contributed by atoms with Gasteiger partial charge in [0, 0.05) is 17.4 Å². The van der Waals surface area contributed by atoms with Crippen molar-refractivity contribution in [2.75, 3.05) is 0 Å². The Balaban J connectivity index is 2.06. The van der Waals surface area contributed by atoms with Crippen molar-refractivity contribution in [2.24, 2.45) is 0 Å². The van der Waals surface area contributed by atoms with Crippen LogP contribution in [0.3, 0.4) is 0 Å². The molecule has 1 saturated carbocycles. The molecule has 0 aliphatic heterocycles. The molecule has 1 aliphatic carbocycles. The molecule has 7 heteroatoms. The standard InChI is InChI=1S/C15H13BrFN3O2/c16-9-4-8-11(5-10(9)17)18-12(6-1-2-7(21)3-6)14-13(8)19-15(22)20-14/h4-7,21H,1-3H2,(H2,19,20,22)/t6-,7?/m0/s1. The zero-order chi connectivity index (χ0) is 15.4. The summed E-state index contributed by atoms with van der Waals surface area (Å²) in [5.74, 6) is -0.324. The number of halogens is 2.